The van der Waals surface area contributed by atoms with Crippen LogP contribution in [0.1, 0.15) is 46.7 Å². The Bertz CT molecular complexity index is 1090. The summed E-state index contributed by atoms with van der Waals surface area (Å²) >= 11 is 0. The van der Waals surface area contributed by atoms with Gasteiger partial charge in [0.2, 0.25) is 0 Å². The monoisotopic (exact) mass is 370 g/mol. The van der Waals surface area contributed by atoms with Gasteiger partial charge < -0.3 is 11.1 Å². The molecule has 1 atom stereocenters. The van der Waals surface area contributed by atoms with E-state index in [2.05, 4.69) is 22.6 Å². The van der Waals surface area contributed by atoms with Crippen LogP contribution in [0.4, 0.5) is 11.4 Å². The first kappa shape index (κ1) is 17.8. The summed E-state index contributed by atoms with van der Waals surface area (Å²) in [7, 11) is 1.83. The maximum absolute atomic E-state index is 9.14. The topological polar surface area (TPSA) is 104 Å². The standard InChI is InChI=1S/C22H22N6/c1-28-13-16(12-26-28)22(25)19-10-17(6-8-20(19)24)27-21-4-2-3-15-9-14(11-23)5-7-18(15)21/h5-10,12-13,21,25,27H,2-4,24H2,1H3/t21-/m1/s1. The number of aryl methyl sites for hydroxylation is 2. The fraction of sp³-hybridized carbons (Fsp3) is 0.227. The van der Waals surface area contributed by atoms with E-state index in [0.717, 1.165) is 30.5 Å². The van der Waals surface area contributed by atoms with E-state index in [1.54, 1.807) is 10.9 Å². The lowest BCUT2D eigenvalue weighted by molar-refractivity contribution is 0.600. The van der Waals surface area contributed by atoms with Crippen molar-refractivity contribution in [2.45, 2.75) is 25.3 Å². The molecule has 0 saturated heterocycles. The molecule has 0 saturated carbocycles. The molecule has 6 heteroatoms. The molecule has 0 amide bonds. The molecule has 3 aromatic rings. The van der Waals surface area contributed by atoms with Crippen LogP contribution >= 0.6 is 0 Å². The summed E-state index contributed by atoms with van der Waals surface area (Å²) in [5.74, 6) is 0. The molecule has 0 bridgehead atoms. The van der Waals surface area contributed by atoms with Gasteiger partial charge in [0.05, 0.1) is 29.6 Å². The molecular weight excluding hydrogens is 348 g/mol. The van der Waals surface area contributed by atoms with E-state index >= 15 is 0 Å². The van der Waals surface area contributed by atoms with E-state index in [1.807, 2.05) is 43.6 Å². The van der Waals surface area contributed by atoms with Crippen LogP contribution in [0.5, 0.6) is 0 Å². The minimum atomic E-state index is 0.181. The van der Waals surface area contributed by atoms with Crippen LogP contribution < -0.4 is 11.1 Å². The van der Waals surface area contributed by atoms with Crippen LogP contribution in [0, 0.1) is 16.7 Å². The number of rotatable bonds is 4. The van der Waals surface area contributed by atoms with Crippen molar-refractivity contribution in [2.24, 2.45) is 7.05 Å². The number of hydrogen-bond acceptors (Lipinski definition) is 5. The molecule has 1 aliphatic carbocycles. The first-order valence-corrected chi connectivity index (χ1v) is 9.32. The zero-order valence-electron chi connectivity index (χ0n) is 15.7. The molecule has 1 heterocycles. The molecule has 0 fully saturated rings. The molecule has 140 valence electrons. The van der Waals surface area contributed by atoms with Crippen LogP contribution in [0.2, 0.25) is 0 Å². The van der Waals surface area contributed by atoms with E-state index in [9.17, 15) is 0 Å². The Hall–Kier alpha value is -3.59. The average Bonchev–Trinajstić information content (AvgIpc) is 3.15. The van der Waals surface area contributed by atoms with Crippen LogP contribution in [0.15, 0.2) is 48.8 Å². The molecule has 0 spiro atoms. The summed E-state index contributed by atoms with van der Waals surface area (Å²) in [5, 5.41) is 25.4. The number of nitrogen functional groups attached to an aromatic ring is 1. The van der Waals surface area contributed by atoms with Crippen LogP contribution in [0.3, 0.4) is 0 Å². The van der Waals surface area contributed by atoms with Gasteiger partial charge in [-0.15, -0.1) is 0 Å². The van der Waals surface area contributed by atoms with Crippen LogP contribution in [-0.4, -0.2) is 15.5 Å². The van der Waals surface area contributed by atoms with E-state index in [4.69, 9.17) is 16.4 Å². The number of benzene rings is 2. The minimum Gasteiger partial charge on any atom is -0.398 e. The largest absolute Gasteiger partial charge is 0.398 e. The van der Waals surface area contributed by atoms with Crippen molar-refractivity contribution in [2.75, 3.05) is 11.1 Å². The van der Waals surface area contributed by atoms with Crippen molar-refractivity contribution in [1.82, 2.24) is 9.78 Å². The third-order valence-electron chi connectivity index (χ3n) is 5.24. The van der Waals surface area contributed by atoms with Gasteiger partial charge in [-0.3, -0.25) is 10.1 Å². The van der Waals surface area contributed by atoms with Gasteiger partial charge in [-0.05, 0) is 60.7 Å². The predicted molar refractivity (Wildman–Crippen MR) is 110 cm³/mol. The van der Waals surface area contributed by atoms with Gasteiger partial charge >= 0.3 is 0 Å². The smallest absolute Gasteiger partial charge is 0.0991 e. The number of fused-ring (bicyclic) bond motifs is 1. The zero-order chi connectivity index (χ0) is 19.7. The van der Waals surface area contributed by atoms with Crippen molar-refractivity contribution in [3.05, 3.63) is 76.6 Å². The first-order chi connectivity index (χ1) is 13.5. The maximum atomic E-state index is 9.14. The van der Waals surface area contributed by atoms with Crippen molar-refractivity contribution < 1.29 is 0 Å². The number of nitrogens with two attached hydrogens (primary N) is 1. The minimum absolute atomic E-state index is 0.181. The second-order valence-electron chi connectivity index (χ2n) is 7.19. The molecule has 28 heavy (non-hydrogen) atoms. The maximum Gasteiger partial charge on any atom is 0.0991 e. The highest BCUT2D eigenvalue weighted by Crippen LogP contribution is 2.34. The lowest BCUT2D eigenvalue weighted by Crippen LogP contribution is -2.18. The van der Waals surface area contributed by atoms with Gasteiger partial charge in [0.15, 0.2) is 0 Å². The Kier molecular flexibility index (Phi) is 4.58. The average molecular weight is 370 g/mol. The number of nitriles is 1. The molecule has 4 rings (SSSR count). The number of anilines is 2. The summed E-state index contributed by atoms with van der Waals surface area (Å²) in [4.78, 5) is 0. The molecule has 1 aromatic heterocycles. The van der Waals surface area contributed by atoms with Crippen molar-refractivity contribution in [3.63, 3.8) is 0 Å². The molecular formula is C22H22N6. The van der Waals surface area contributed by atoms with Gasteiger partial charge in [-0.1, -0.05) is 6.07 Å². The van der Waals surface area contributed by atoms with E-state index in [0.29, 0.717) is 22.5 Å². The van der Waals surface area contributed by atoms with Crippen LogP contribution in [-0.2, 0) is 13.5 Å². The zero-order valence-corrected chi connectivity index (χ0v) is 15.7. The molecule has 0 radical (unpaired) electrons. The molecule has 6 nitrogen and oxygen atoms in total. The van der Waals surface area contributed by atoms with Crippen molar-refractivity contribution in [1.29, 1.82) is 10.7 Å². The predicted octanol–water partition coefficient (Wildman–Crippen LogP) is 3.78. The Balaban J connectivity index is 1.62. The molecule has 2 aromatic carbocycles. The van der Waals surface area contributed by atoms with Gasteiger partial charge in [-0.25, -0.2) is 0 Å². The summed E-state index contributed by atoms with van der Waals surface area (Å²) in [6.07, 6.45) is 6.59. The molecule has 4 N–H and O–H groups in total. The lowest BCUT2D eigenvalue weighted by atomic mass is 9.86. The Labute approximate surface area is 164 Å². The second kappa shape index (κ2) is 7.20. The Morgan fingerprint density at radius 2 is 2.18 bits per heavy atom. The highest BCUT2D eigenvalue weighted by molar-refractivity contribution is 6.14. The van der Waals surface area contributed by atoms with E-state index in [-0.39, 0.29) is 6.04 Å². The highest BCUT2D eigenvalue weighted by atomic mass is 15.2. The normalized spacial score (nSPS) is 15.5. The van der Waals surface area contributed by atoms with Gasteiger partial charge in [0, 0.05) is 35.7 Å². The third kappa shape index (κ3) is 3.35. The second-order valence-corrected chi connectivity index (χ2v) is 7.19. The summed E-state index contributed by atoms with van der Waals surface area (Å²) in [6.45, 7) is 0. The Morgan fingerprint density at radius 3 is 2.93 bits per heavy atom. The third-order valence-corrected chi connectivity index (χ3v) is 5.24. The molecule has 0 aliphatic heterocycles. The van der Waals surface area contributed by atoms with E-state index < -0.39 is 0 Å². The van der Waals surface area contributed by atoms with E-state index in [1.165, 1.54) is 11.1 Å². The number of nitrogens with zero attached hydrogens (tertiary/aromatic N) is 3. The SMILES string of the molecule is Cn1cc(C(=N)c2cc(N[C@@H]3CCCc4cc(C#N)ccc43)ccc2N)cn1. The Morgan fingerprint density at radius 1 is 1.32 bits per heavy atom. The quantitative estimate of drug-likeness (QED) is 0.480. The molecule has 0 unspecified atom stereocenters. The van der Waals surface area contributed by atoms with Crippen LogP contribution in [0.25, 0.3) is 0 Å². The lowest BCUT2D eigenvalue weighted by Gasteiger charge is -2.27. The van der Waals surface area contributed by atoms with Crippen molar-refractivity contribution >= 4 is 17.1 Å². The number of hydrogen-bond donors (Lipinski definition) is 3. The van der Waals surface area contributed by atoms with Crippen molar-refractivity contribution in [3.8, 4) is 6.07 Å². The van der Waals surface area contributed by atoms with Gasteiger partial charge in [0.1, 0.15) is 0 Å². The highest BCUT2D eigenvalue weighted by Gasteiger charge is 2.21. The molecule has 1 aliphatic rings. The number of nitrogens with one attached hydrogen (secondary N) is 2. The number of aromatic nitrogens is 2. The first-order valence-electron chi connectivity index (χ1n) is 9.32. The fourth-order valence-electron chi connectivity index (χ4n) is 3.80. The van der Waals surface area contributed by atoms with Gasteiger partial charge in [0.25, 0.3) is 0 Å². The summed E-state index contributed by atoms with van der Waals surface area (Å²) in [5.41, 5.74) is 12.6. The van der Waals surface area contributed by atoms with Gasteiger partial charge in [-0.2, -0.15) is 10.4 Å². The fourth-order valence-corrected chi connectivity index (χ4v) is 3.80. The summed E-state index contributed by atoms with van der Waals surface area (Å²) < 4.78 is 1.68. The summed E-state index contributed by atoms with van der Waals surface area (Å²) in [6, 6.07) is 14.1.